The van der Waals surface area contributed by atoms with E-state index in [1.165, 1.54) is 0 Å². The maximum absolute atomic E-state index is 13.0. The van der Waals surface area contributed by atoms with Crippen molar-refractivity contribution in [2.75, 3.05) is 44.7 Å². The molecule has 7 nitrogen and oxygen atoms in total. The molecule has 2 saturated heterocycles. The topological polar surface area (TPSA) is 70.2 Å². The first-order valence-electron chi connectivity index (χ1n) is 10.1. The van der Waals surface area contributed by atoms with Gasteiger partial charge in [-0.2, -0.15) is 0 Å². The number of hydrogen-bond donors (Lipinski definition) is 0. The summed E-state index contributed by atoms with van der Waals surface area (Å²) in [4.78, 5) is 43.3. The van der Waals surface area contributed by atoms with Crippen molar-refractivity contribution in [1.82, 2.24) is 9.80 Å². The van der Waals surface area contributed by atoms with E-state index >= 15 is 0 Å². The van der Waals surface area contributed by atoms with Crippen LogP contribution in [0.5, 0.6) is 5.75 Å². The molecule has 0 unspecified atom stereocenters. The maximum Gasteiger partial charge on any atom is 0.253 e. The maximum atomic E-state index is 13.0. The lowest BCUT2D eigenvalue weighted by Crippen LogP contribution is -2.52. The van der Waals surface area contributed by atoms with Crippen LogP contribution in [-0.4, -0.2) is 67.4 Å². The predicted octanol–water partition coefficient (Wildman–Crippen LogP) is 2.03. The van der Waals surface area contributed by atoms with Gasteiger partial charge in [0.05, 0.1) is 13.0 Å². The van der Waals surface area contributed by atoms with Crippen LogP contribution < -0.4 is 9.64 Å². The quantitative estimate of drug-likeness (QED) is 0.778. The Labute approximate surface area is 175 Å². The molecule has 2 aliphatic heterocycles. The lowest BCUT2D eigenvalue weighted by atomic mass is 10.1. The standard InChI is InChI=1S/C23H25N3O4/c1-30-20-9-7-19(8-10-20)26-16-18(15-21(26)27)23(29)25-13-11-24(12-14-25)22(28)17-5-3-2-4-6-17/h2-10,18H,11-16H2,1H3/t18-/m0/s1. The second-order valence-corrected chi connectivity index (χ2v) is 7.59. The Morgan fingerprint density at radius 1 is 0.900 bits per heavy atom. The Balaban J connectivity index is 1.34. The predicted molar refractivity (Wildman–Crippen MR) is 112 cm³/mol. The lowest BCUT2D eigenvalue weighted by molar-refractivity contribution is -0.137. The van der Waals surface area contributed by atoms with E-state index in [1.54, 1.807) is 46.1 Å². The highest BCUT2D eigenvalue weighted by Crippen LogP contribution is 2.28. The zero-order valence-corrected chi connectivity index (χ0v) is 17.0. The lowest BCUT2D eigenvalue weighted by Gasteiger charge is -2.36. The van der Waals surface area contributed by atoms with Crippen molar-refractivity contribution in [3.05, 3.63) is 60.2 Å². The number of anilines is 1. The van der Waals surface area contributed by atoms with Gasteiger partial charge in [-0.15, -0.1) is 0 Å². The average molecular weight is 407 g/mol. The summed E-state index contributed by atoms with van der Waals surface area (Å²) >= 11 is 0. The number of methoxy groups -OCH3 is 1. The summed E-state index contributed by atoms with van der Waals surface area (Å²) in [5, 5.41) is 0. The number of carbonyl (C=O) groups excluding carboxylic acids is 3. The van der Waals surface area contributed by atoms with Crippen molar-refractivity contribution in [2.24, 2.45) is 5.92 Å². The van der Waals surface area contributed by atoms with Crippen LogP contribution in [0.3, 0.4) is 0 Å². The van der Waals surface area contributed by atoms with Gasteiger partial charge in [0.1, 0.15) is 5.75 Å². The smallest absolute Gasteiger partial charge is 0.253 e. The first-order chi connectivity index (χ1) is 14.6. The van der Waals surface area contributed by atoms with E-state index in [2.05, 4.69) is 0 Å². The number of piperazine rings is 1. The molecule has 2 aromatic rings. The van der Waals surface area contributed by atoms with Crippen molar-refractivity contribution >= 4 is 23.4 Å². The SMILES string of the molecule is COc1ccc(N2C[C@@H](C(=O)N3CCN(C(=O)c4ccccc4)CC3)CC2=O)cc1. The molecule has 0 saturated carbocycles. The van der Waals surface area contributed by atoms with Gasteiger partial charge in [0, 0.05) is 50.4 Å². The zero-order chi connectivity index (χ0) is 21.1. The number of rotatable bonds is 4. The average Bonchev–Trinajstić information content (AvgIpc) is 3.20. The van der Waals surface area contributed by atoms with E-state index < -0.39 is 0 Å². The fraction of sp³-hybridized carbons (Fsp3) is 0.348. The first-order valence-corrected chi connectivity index (χ1v) is 10.1. The van der Waals surface area contributed by atoms with Crippen LogP contribution in [0.2, 0.25) is 0 Å². The molecule has 7 heteroatoms. The highest BCUT2D eigenvalue weighted by molar-refractivity contribution is 6.00. The molecule has 4 rings (SSSR count). The number of amides is 3. The Morgan fingerprint density at radius 3 is 2.17 bits per heavy atom. The molecule has 156 valence electrons. The zero-order valence-electron chi connectivity index (χ0n) is 17.0. The molecule has 3 amide bonds. The molecule has 2 heterocycles. The minimum absolute atomic E-state index is 0.00817. The molecular weight excluding hydrogens is 382 g/mol. The number of ether oxygens (including phenoxy) is 1. The molecule has 0 spiro atoms. The number of hydrogen-bond acceptors (Lipinski definition) is 4. The normalized spacial score (nSPS) is 19.2. The van der Waals surface area contributed by atoms with Crippen LogP contribution in [-0.2, 0) is 9.59 Å². The van der Waals surface area contributed by atoms with Gasteiger partial charge in [-0.05, 0) is 36.4 Å². The van der Waals surface area contributed by atoms with E-state index in [9.17, 15) is 14.4 Å². The van der Waals surface area contributed by atoms with Crippen LogP contribution in [0.4, 0.5) is 5.69 Å². The second-order valence-electron chi connectivity index (χ2n) is 7.59. The minimum atomic E-state index is -0.351. The molecule has 0 N–H and O–H groups in total. The van der Waals surface area contributed by atoms with Gasteiger partial charge in [0.2, 0.25) is 11.8 Å². The summed E-state index contributed by atoms with van der Waals surface area (Å²) in [7, 11) is 1.60. The van der Waals surface area contributed by atoms with Crippen molar-refractivity contribution in [3.63, 3.8) is 0 Å². The third-order valence-corrected chi connectivity index (χ3v) is 5.76. The largest absolute Gasteiger partial charge is 0.497 e. The third-order valence-electron chi connectivity index (χ3n) is 5.76. The fourth-order valence-corrected chi connectivity index (χ4v) is 4.04. The first kappa shape index (κ1) is 19.9. The van der Waals surface area contributed by atoms with Crippen molar-refractivity contribution in [3.8, 4) is 5.75 Å². The fourth-order valence-electron chi connectivity index (χ4n) is 4.04. The van der Waals surface area contributed by atoms with E-state index in [-0.39, 0.29) is 30.1 Å². The van der Waals surface area contributed by atoms with Crippen molar-refractivity contribution in [2.45, 2.75) is 6.42 Å². The van der Waals surface area contributed by atoms with Crippen LogP contribution in [0, 0.1) is 5.92 Å². The summed E-state index contributed by atoms with van der Waals surface area (Å²) < 4.78 is 5.16. The Hall–Kier alpha value is -3.35. The summed E-state index contributed by atoms with van der Waals surface area (Å²) in [5.41, 5.74) is 1.43. The third kappa shape index (κ3) is 4.01. The van der Waals surface area contributed by atoms with Gasteiger partial charge >= 0.3 is 0 Å². The van der Waals surface area contributed by atoms with E-state index in [0.717, 1.165) is 11.4 Å². The molecule has 2 aromatic carbocycles. The van der Waals surface area contributed by atoms with Gasteiger partial charge in [0.25, 0.3) is 5.91 Å². The number of benzene rings is 2. The summed E-state index contributed by atoms with van der Waals surface area (Å²) in [6.07, 6.45) is 0.216. The molecule has 2 aliphatic rings. The van der Waals surface area contributed by atoms with Gasteiger partial charge in [-0.25, -0.2) is 0 Å². The van der Waals surface area contributed by atoms with E-state index in [4.69, 9.17) is 4.74 Å². The Bertz CT molecular complexity index is 921. The van der Waals surface area contributed by atoms with Gasteiger partial charge < -0.3 is 19.4 Å². The minimum Gasteiger partial charge on any atom is -0.497 e. The van der Waals surface area contributed by atoms with Gasteiger partial charge in [0.15, 0.2) is 0 Å². The Morgan fingerprint density at radius 2 is 1.53 bits per heavy atom. The molecule has 30 heavy (non-hydrogen) atoms. The number of nitrogens with zero attached hydrogens (tertiary/aromatic N) is 3. The highest BCUT2D eigenvalue weighted by Gasteiger charge is 2.38. The molecular formula is C23H25N3O4. The molecule has 1 atom stereocenters. The van der Waals surface area contributed by atoms with Crippen LogP contribution in [0.15, 0.2) is 54.6 Å². The Kier molecular flexibility index (Phi) is 5.70. The molecule has 0 bridgehead atoms. The van der Waals surface area contributed by atoms with Gasteiger partial charge in [-0.3, -0.25) is 14.4 Å². The molecule has 0 radical (unpaired) electrons. The summed E-state index contributed by atoms with van der Waals surface area (Å²) in [6, 6.07) is 16.5. The second kappa shape index (κ2) is 8.57. The molecule has 0 aromatic heterocycles. The van der Waals surface area contributed by atoms with Gasteiger partial charge in [-0.1, -0.05) is 18.2 Å². The van der Waals surface area contributed by atoms with Crippen LogP contribution in [0.25, 0.3) is 0 Å². The van der Waals surface area contributed by atoms with Crippen molar-refractivity contribution in [1.29, 1.82) is 0 Å². The van der Waals surface area contributed by atoms with Crippen LogP contribution in [0.1, 0.15) is 16.8 Å². The van der Waals surface area contributed by atoms with Crippen LogP contribution >= 0.6 is 0 Å². The molecule has 0 aliphatic carbocycles. The monoisotopic (exact) mass is 407 g/mol. The summed E-state index contributed by atoms with van der Waals surface area (Å²) in [6.45, 7) is 2.37. The van der Waals surface area contributed by atoms with Crippen molar-refractivity contribution < 1.29 is 19.1 Å². The van der Waals surface area contributed by atoms with E-state index in [0.29, 0.717) is 38.3 Å². The highest BCUT2D eigenvalue weighted by atomic mass is 16.5. The molecule has 2 fully saturated rings. The summed E-state index contributed by atoms with van der Waals surface area (Å²) in [5.74, 6) is 0.309. The van der Waals surface area contributed by atoms with E-state index in [1.807, 2.05) is 30.3 Å². The number of carbonyl (C=O) groups is 3.